The molecule has 0 bridgehead atoms. The summed E-state index contributed by atoms with van der Waals surface area (Å²) in [5, 5.41) is 5.41. The average molecular weight is 836 g/mol. The van der Waals surface area contributed by atoms with E-state index >= 15 is 0 Å². The quantitative estimate of drug-likeness (QED) is 0.180. The van der Waals surface area contributed by atoms with Gasteiger partial charge < -0.3 is 20.1 Å². The molecule has 3 aromatic carbocycles. The summed E-state index contributed by atoms with van der Waals surface area (Å²) in [6.45, 7) is 8.08. The van der Waals surface area contributed by atoms with Gasteiger partial charge in [0.2, 0.25) is 17.7 Å². The highest BCUT2D eigenvalue weighted by Gasteiger charge is 2.46. The first-order valence-electron chi connectivity index (χ1n) is 21.3. The molecule has 2 fully saturated rings. The Morgan fingerprint density at radius 1 is 0.887 bits per heavy atom. The molecule has 15 nitrogen and oxygen atoms in total. The molecule has 5 aromatic rings. The molecule has 0 radical (unpaired) electrons. The molecule has 0 spiro atoms. The zero-order valence-corrected chi connectivity index (χ0v) is 35.3. The molecule has 62 heavy (non-hydrogen) atoms. The van der Waals surface area contributed by atoms with E-state index in [1.165, 1.54) is 16.7 Å². The Labute approximate surface area is 358 Å². The van der Waals surface area contributed by atoms with Gasteiger partial charge in [-0.25, -0.2) is 9.97 Å². The predicted octanol–water partition coefficient (Wildman–Crippen LogP) is 4.40. The van der Waals surface area contributed by atoms with Crippen LogP contribution in [0.25, 0.3) is 33.5 Å². The maximum atomic E-state index is 13.6. The average Bonchev–Trinajstić information content (AvgIpc) is 3.80. The van der Waals surface area contributed by atoms with Gasteiger partial charge in [0.1, 0.15) is 11.6 Å². The summed E-state index contributed by atoms with van der Waals surface area (Å²) in [5.41, 5.74) is 11.7. The molecule has 1 unspecified atom stereocenters. The number of carbonyl (C=O) groups is 6. The largest absolute Gasteiger partial charge is 0.371 e. The zero-order valence-electron chi connectivity index (χ0n) is 35.3. The second-order valence-corrected chi connectivity index (χ2v) is 17.0. The van der Waals surface area contributed by atoms with Crippen LogP contribution in [0.2, 0.25) is 0 Å². The molecule has 15 heteroatoms. The van der Waals surface area contributed by atoms with Crippen LogP contribution in [-0.4, -0.2) is 118 Å². The molecule has 3 N–H and O–H groups in total. The minimum absolute atomic E-state index is 0.0201. The highest BCUT2D eigenvalue weighted by atomic mass is 16.2. The van der Waals surface area contributed by atoms with Gasteiger partial charge in [0, 0.05) is 88.6 Å². The summed E-state index contributed by atoms with van der Waals surface area (Å²) >= 11 is 0. The van der Waals surface area contributed by atoms with Gasteiger partial charge in [0.05, 0.1) is 28.7 Å². The lowest BCUT2D eigenvalue weighted by Crippen LogP contribution is -2.54. The molecule has 6 heterocycles. The molecule has 9 rings (SSSR count). The van der Waals surface area contributed by atoms with Gasteiger partial charge in [-0.05, 0) is 97.7 Å². The van der Waals surface area contributed by atoms with Crippen LogP contribution in [0, 0.1) is 19.8 Å². The summed E-state index contributed by atoms with van der Waals surface area (Å²) in [5.74, 6) is -2.29. The number of H-pyrrole nitrogens is 1. The van der Waals surface area contributed by atoms with Gasteiger partial charge in [-0.15, -0.1) is 0 Å². The van der Waals surface area contributed by atoms with Crippen LogP contribution >= 0.6 is 0 Å². The van der Waals surface area contributed by atoms with Crippen LogP contribution in [0.3, 0.4) is 0 Å². The van der Waals surface area contributed by atoms with Gasteiger partial charge in [-0.1, -0.05) is 18.2 Å². The van der Waals surface area contributed by atoms with Crippen molar-refractivity contribution in [2.75, 3.05) is 51.7 Å². The summed E-state index contributed by atoms with van der Waals surface area (Å²) < 4.78 is 0. The first-order valence-corrected chi connectivity index (χ1v) is 21.3. The number of amides is 6. The molecule has 2 aromatic heterocycles. The van der Waals surface area contributed by atoms with Gasteiger partial charge >= 0.3 is 0 Å². The molecular weight excluding hydrogens is 787 g/mol. The number of aromatic nitrogens is 3. The third-order valence-corrected chi connectivity index (χ3v) is 12.9. The van der Waals surface area contributed by atoms with Crippen molar-refractivity contribution in [3.63, 3.8) is 0 Å². The molecule has 0 saturated carbocycles. The lowest BCUT2D eigenvalue weighted by molar-refractivity contribution is -0.136. The fourth-order valence-electron chi connectivity index (χ4n) is 9.45. The van der Waals surface area contributed by atoms with Crippen LogP contribution in [-0.2, 0) is 27.3 Å². The number of carbonyl (C=O) groups excluding carboxylic acids is 6. The SMILES string of the molecule is Cc1cc(-c2c[nH]c3ncc(-c4cc(C)c5c(c4)CCN(CCNC(=O)C4CCN(c6cccc7c6C(=O)N(C6CCC(=O)NC6=O)C7=O)CC4)C5)nc23)ccc1C(=O)N(C)C. The highest BCUT2D eigenvalue weighted by Crippen LogP contribution is 2.37. The third-order valence-electron chi connectivity index (χ3n) is 12.9. The van der Waals surface area contributed by atoms with E-state index in [-0.39, 0.29) is 41.7 Å². The molecule has 2 saturated heterocycles. The van der Waals surface area contributed by atoms with E-state index in [1.54, 1.807) is 31.1 Å². The minimum atomic E-state index is -1.02. The number of benzene rings is 3. The molecule has 6 amide bonds. The topological polar surface area (TPSA) is 181 Å². The van der Waals surface area contributed by atoms with Crippen molar-refractivity contribution in [2.45, 2.75) is 58.5 Å². The van der Waals surface area contributed by atoms with Gasteiger partial charge in [-0.3, -0.25) is 43.9 Å². The normalized spacial score (nSPS) is 18.2. The number of hydrogen-bond acceptors (Lipinski definition) is 10. The zero-order chi connectivity index (χ0) is 43.4. The van der Waals surface area contributed by atoms with Crippen molar-refractivity contribution in [3.05, 3.63) is 99.9 Å². The van der Waals surface area contributed by atoms with E-state index in [0.29, 0.717) is 49.4 Å². The highest BCUT2D eigenvalue weighted by molar-refractivity contribution is 6.25. The van der Waals surface area contributed by atoms with Crippen LogP contribution in [0.15, 0.2) is 60.9 Å². The van der Waals surface area contributed by atoms with Crippen molar-refractivity contribution in [2.24, 2.45) is 5.92 Å². The minimum Gasteiger partial charge on any atom is -0.371 e. The van der Waals surface area contributed by atoms with Gasteiger partial charge in [0.25, 0.3) is 17.7 Å². The van der Waals surface area contributed by atoms with E-state index in [0.717, 1.165) is 64.4 Å². The summed E-state index contributed by atoms with van der Waals surface area (Å²) in [7, 11) is 3.50. The van der Waals surface area contributed by atoms with Crippen LogP contribution < -0.4 is 15.5 Å². The number of anilines is 1. The molecule has 1 atom stereocenters. The number of aryl methyl sites for hydroxylation is 2. The maximum Gasteiger partial charge on any atom is 0.264 e. The Morgan fingerprint density at radius 3 is 2.44 bits per heavy atom. The predicted molar refractivity (Wildman–Crippen MR) is 232 cm³/mol. The van der Waals surface area contributed by atoms with Crippen molar-refractivity contribution >= 4 is 52.3 Å². The van der Waals surface area contributed by atoms with E-state index in [9.17, 15) is 28.8 Å². The first-order chi connectivity index (χ1) is 29.9. The number of piperidine rings is 2. The summed E-state index contributed by atoms with van der Waals surface area (Å²) in [6.07, 6.45) is 5.97. The standard InChI is InChI=1S/C47H49N9O6/c1-26-20-29(8-9-32(26)45(60)53(3)4)34-23-49-42-41(34)51-36(24-50-42)31-21-27(2)35-25-54(16-12-30(35)22-31)19-15-48-43(58)28-13-17-55(18-14-28)37-7-5-6-33-40(37)47(62)56(46(33)61)38-10-11-39(57)52-44(38)59/h5-9,20-24,28,38H,10-19,25H2,1-4H3,(H,48,58)(H,49,50)(H,52,57,59). The van der Waals surface area contributed by atoms with E-state index < -0.39 is 29.7 Å². The van der Waals surface area contributed by atoms with E-state index in [4.69, 9.17) is 9.97 Å². The second kappa shape index (κ2) is 16.3. The Balaban J connectivity index is 0.794. The molecular formula is C47H49N9O6. The monoisotopic (exact) mass is 835 g/mol. The van der Waals surface area contributed by atoms with Crippen molar-refractivity contribution < 1.29 is 28.8 Å². The first kappa shape index (κ1) is 40.7. The molecule has 0 aliphatic carbocycles. The lowest BCUT2D eigenvalue weighted by Gasteiger charge is -2.34. The number of nitrogens with zero attached hydrogens (tertiary/aromatic N) is 6. The Bertz CT molecular complexity index is 2700. The molecule has 318 valence electrons. The number of rotatable bonds is 9. The summed E-state index contributed by atoms with van der Waals surface area (Å²) in [4.78, 5) is 97.3. The lowest BCUT2D eigenvalue weighted by atomic mass is 9.92. The number of aromatic amines is 1. The molecule has 4 aliphatic heterocycles. The fourth-order valence-corrected chi connectivity index (χ4v) is 9.45. The Morgan fingerprint density at radius 2 is 1.68 bits per heavy atom. The van der Waals surface area contributed by atoms with Crippen molar-refractivity contribution in [3.8, 4) is 22.4 Å². The third kappa shape index (κ3) is 7.39. The Hall–Kier alpha value is -6.74. The van der Waals surface area contributed by atoms with Crippen LogP contribution in [0.5, 0.6) is 0 Å². The number of nitrogens with one attached hydrogen (secondary N) is 3. The van der Waals surface area contributed by atoms with Crippen LogP contribution in [0.4, 0.5) is 5.69 Å². The number of fused-ring (bicyclic) bond motifs is 3. The Kier molecular flexibility index (Phi) is 10.7. The second-order valence-electron chi connectivity index (χ2n) is 17.0. The van der Waals surface area contributed by atoms with Gasteiger partial charge in [-0.2, -0.15) is 0 Å². The van der Waals surface area contributed by atoms with E-state index in [2.05, 4.69) is 39.6 Å². The van der Waals surface area contributed by atoms with Crippen LogP contribution in [0.1, 0.15) is 79.0 Å². The number of hydrogen-bond donors (Lipinski definition) is 3. The molecule has 4 aliphatic rings. The van der Waals surface area contributed by atoms with Crippen molar-refractivity contribution in [1.29, 1.82) is 0 Å². The smallest absolute Gasteiger partial charge is 0.264 e. The van der Waals surface area contributed by atoms with Gasteiger partial charge in [0.15, 0.2) is 5.65 Å². The number of imide groups is 2. The summed E-state index contributed by atoms with van der Waals surface area (Å²) in [6, 6.07) is 14.4. The van der Waals surface area contributed by atoms with Crippen molar-refractivity contribution in [1.82, 2.24) is 40.3 Å². The van der Waals surface area contributed by atoms with E-state index in [1.807, 2.05) is 48.5 Å². The maximum absolute atomic E-state index is 13.6. The fraction of sp³-hybridized carbons (Fsp3) is 0.362.